The molecule has 100 valence electrons. The number of hydrogen-bond donors (Lipinski definition) is 2. The van der Waals surface area contributed by atoms with Crippen LogP contribution in [-0.2, 0) is 5.54 Å². The fourth-order valence-electron chi connectivity index (χ4n) is 2.52. The highest BCUT2D eigenvalue weighted by atomic mass is 19.1. The first-order valence-electron chi connectivity index (χ1n) is 6.49. The second-order valence-corrected chi connectivity index (χ2v) is 5.03. The first-order valence-corrected chi connectivity index (χ1v) is 6.49. The molecule has 18 heavy (non-hydrogen) atoms. The van der Waals surface area contributed by atoms with E-state index in [0.29, 0.717) is 0 Å². The van der Waals surface area contributed by atoms with Gasteiger partial charge in [0.15, 0.2) is 0 Å². The Morgan fingerprint density at radius 1 is 1.28 bits per heavy atom. The molecule has 1 fully saturated rings. The Morgan fingerprint density at radius 2 is 2.00 bits per heavy atom. The second-order valence-electron chi connectivity index (χ2n) is 5.03. The molecule has 0 radical (unpaired) electrons. The van der Waals surface area contributed by atoms with Crippen molar-refractivity contribution in [1.29, 1.82) is 0 Å². The van der Waals surface area contributed by atoms with Gasteiger partial charge in [-0.2, -0.15) is 0 Å². The average molecular weight is 252 g/mol. The molecule has 1 heterocycles. The number of benzene rings is 1. The first kappa shape index (κ1) is 13.5. The summed E-state index contributed by atoms with van der Waals surface area (Å²) in [6, 6.07) is 6.45. The highest BCUT2D eigenvalue weighted by Crippen LogP contribution is 2.28. The molecule has 2 N–H and O–H groups in total. The van der Waals surface area contributed by atoms with Crippen LogP contribution in [0.2, 0.25) is 0 Å². The average Bonchev–Trinajstić information content (AvgIpc) is 2.68. The van der Waals surface area contributed by atoms with Crippen LogP contribution in [0.5, 0.6) is 0 Å². The van der Waals surface area contributed by atoms with Crippen molar-refractivity contribution in [3.63, 3.8) is 0 Å². The third kappa shape index (κ3) is 2.71. The SMILES string of the molecule is CC(CO)(c1ccc(F)cc1)N1CCCNCC1. The maximum absolute atomic E-state index is 13.0. The van der Waals surface area contributed by atoms with Crippen molar-refractivity contribution in [2.75, 3.05) is 32.8 Å². The van der Waals surface area contributed by atoms with Crippen molar-refractivity contribution in [1.82, 2.24) is 10.2 Å². The molecule has 0 saturated carbocycles. The monoisotopic (exact) mass is 252 g/mol. The molecule has 4 heteroatoms. The molecular formula is C14H21FN2O. The summed E-state index contributed by atoms with van der Waals surface area (Å²) in [4.78, 5) is 2.28. The molecule has 0 amide bonds. The van der Waals surface area contributed by atoms with Gasteiger partial charge in [-0.15, -0.1) is 0 Å². The van der Waals surface area contributed by atoms with E-state index in [1.807, 2.05) is 6.92 Å². The van der Waals surface area contributed by atoms with E-state index in [-0.39, 0.29) is 12.4 Å². The number of nitrogens with zero attached hydrogens (tertiary/aromatic N) is 1. The van der Waals surface area contributed by atoms with Crippen LogP contribution in [0.1, 0.15) is 18.9 Å². The minimum absolute atomic E-state index is 0.0403. The Labute approximate surface area is 108 Å². The zero-order valence-corrected chi connectivity index (χ0v) is 10.8. The number of rotatable bonds is 3. The summed E-state index contributed by atoms with van der Waals surface area (Å²) in [7, 11) is 0. The fraction of sp³-hybridized carbons (Fsp3) is 0.571. The standard InChI is InChI=1S/C14H21FN2O/c1-14(11-18,12-3-5-13(15)6-4-12)17-9-2-7-16-8-10-17/h3-6,16,18H,2,7-11H2,1H3. The smallest absolute Gasteiger partial charge is 0.123 e. The molecule has 0 aromatic heterocycles. The molecule has 1 unspecified atom stereocenters. The highest BCUT2D eigenvalue weighted by molar-refractivity contribution is 5.24. The molecule has 1 saturated heterocycles. The van der Waals surface area contributed by atoms with Crippen LogP contribution in [0.4, 0.5) is 4.39 Å². The second kappa shape index (κ2) is 5.78. The van der Waals surface area contributed by atoms with Crippen LogP contribution >= 0.6 is 0 Å². The lowest BCUT2D eigenvalue weighted by Gasteiger charge is -2.40. The maximum Gasteiger partial charge on any atom is 0.123 e. The molecule has 1 atom stereocenters. The van der Waals surface area contributed by atoms with Crippen LogP contribution in [0.3, 0.4) is 0 Å². The number of aliphatic hydroxyl groups excluding tert-OH is 1. The van der Waals surface area contributed by atoms with E-state index in [1.165, 1.54) is 12.1 Å². The zero-order chi connectivity index (χ0) is 13.0. The maximum atomic E-state index is 13.0. The lowest BCUT2D eigenvalue weighted by atomic mass is 9.90. The van der Waals surface area contributed by atoms with Gasteiger partial charge in [0.05, 0.1) is 12.1 Å². The van der Waals surface area contributed by atoms with Gasteiger partial charge in [-0.1, -0.05) is 12.1 Å². The summed E-state index contributed by atoms with van der Waals surface area (Å²) in [5, 5.41) is 13.1. The van der Waals surface area contributed by atoms with Crippen molar-refractivity contribution < 1.29 is 9.50 Å². The van der Waals surface area contributed by atoms with Crippen molar-refractivity contribution in [3.8, 4) is 0 Å². The van der Waals surface area contributed by atoms with Crippen molar-refractivity contribution >= 4 is 0 Å². The molecule has 1 aliphatic heterocycles. The largest absolute Gasteiger partial charge is 0.394 e. The Balaban J connectivity index is 2.25. The molecule has 1 aromatic carbocycles. The lowest BCUT2D eigenvalue weighted by molar-refractivity contribution is 0.0452. The minimum atomic E-state index is -0.431. The van der Waals surface area contributed by atoms with Gasteiger partial charge in [0.25, 0.3) is 0 Å². The van der Waals surface area contributed by atoms with E-state index in [2.05, 4.69) is 10.2 Å². The fourth-order valence-corrected chi connectivity index (χ4v) is 2.52. The minimum Gasteiger partial charge on any atom is -0.394 e. The first-order chi connectivity index (χ1) is 8.66. The Hall–Kier alpha value is -0.970. The van der Waals surface area contributed by atoms with Crippen molar-refractivity contribution in [2.45, 2.75) is 18.9 Å². The summed E-state index contributed by atoms with van der Waals surface area (Å²) in [5.41, 5.74) is 0.535. The number of nitrogens with one attached hydrogen (secondary N) is 1. The molecule has 2 rings (SSSR count). The third-order valence-electron chi connectivity index (χ3n) is 3.81. The molecule has 1 aliphatic rings. The molecule has 0 spiro atoms. The summed E-state index contributed by atoms with van der Waals surface area (Å²) in [5.74, 6) is -0.239. The molecule has 1 aromatic rings. The quantitative estimate of drug-likeness (QED) is 0.852. The van der Waals surface area contributed by atoms with Crippen LogP contribution in [0.15, 0.2) is 24.3 Å². The Kier molecular flexibility index (Phi) is 4.32. The van der Waals surface area contributed by atoms with Gasteiger partial charge in [-0.25, -0.2) is 4.39 Å². The van der Waals surface area contributed by atoms with E-state index >= 15 is 0 Å². The van der Waals surface area contributed by atoms with E-state index < -0.39 is 5.54 Å². The van der Waals surface area contributed by atoms with Gasteiger partial charge in [0, 0.05) is 19.6 Å². The summed E-state index contributed by atoms with van der Waals surface area (Å²) >= 11 is 0. The molecule has 0 aliphatic carbocycles. The van der Waals surface area contributed by atoms with Gasteiger partial charge >= 0.3 is 0 Å². The van der Waals surface area contributed by atoms with E-state index in [1.54, 1.807) is 12.1 Å². The van der Waals surface area contributed by atoms with Gasteiger partial charge < -0.3 is 10.4 Å². The predicted octanol–water partition coefficient (Wildman–Crippen LogP) is 1.33. The Bertz CT molecular complexity index is 374. The number of halogens is 1. The highest BCUT2D eigenvalue weighted by Gasteiger charge is 2.33. The van der Waals surface area contributed by atoms with Crippen LogP contribution in [0.25, 0.3) is 0 Å². The molecular weight excluding hydrogens is 231 g/mol. The van der Waals surface area contributed by atoms with Crippen LogP contribution < -0.4 is 5.32 Å². The van der Waals surface area contributed by atoms with Crippen LogP contribution in [0, 0.1) is 5.82 Å². The number of hydrogen-bond acceptors (Lipinski definition) is 3. The number of aliphatic hydroxyl groups is 1. The summed E-state index contributed by atoms with van der Waals surface area (Å²) in [6.45, 7) is 5.85. The van der Waals surface area contributed by atoms with E-state index in [0.717, 1.165) is 38.2 Å². The molecule has 0 bridgehead atoms. The van der Waals surface area contributed by atoms with Gasteiger partial charge in [0.2, 0.25) is 0 Å². The summed E-state index contributed by atoms with van der Waals surface area (Å²) < 4.78 is 13.0. The summed E-state index contributed by atoms with van der Waals surface area (Å²) in [6.07, 6.45) is 1.07. The van der Waals surface area contributed by atoms with Crippen molar-refractivity contribution in [3.05, 3.63) is 35.6 Å². The normalized spacial score (nSPS) is 21.3. The predicted molar refractivity (Wildman–Crippen MR) is 69.9 cm³/mol. The van der Waals surface area contributed by atoms with Gasteiger partial charge in [-0.05, 0) is 37.6 Å². The van der Waals surface area contributed by atoms with Crippen molar-refractivity contribution in [2.24, 2.45) is 0 Å². The topological polar surface area (TPSA) is 35.5 Å². The Morgan fingerprint density at radius 3 is 2.67 bits per heavy atom. The van der Waals surface area contributed by atoms with Gasteiger partial charge in [0.1, 0.15) is 5.82 Å². The molecule has 3 nitrogen and oxygen atoms in total. The van der Waals surface area contributed by atoms with E-state index in [9.17, 15) is 9.50 Å². The van der Waals surface area contributed by atoms with Crippen LogP contribution in [-0.4, -0.2) is 42.8 Å². The third-order valence-corrected chi connectivity index (χ3v) is 3.81. The van der Waals surface area contributed by atoms with E-state index in [4.69, 9.17) is 0 Å². The zero-order valence-electron chi connectivity index (χ0n) is 10.8. The van der Waals surface area contributed by atoms with Gasteiger partial charge in [-0.3, -0.25) is 4.90 Å². The lowest BCUT2D eigenvalue weighted by Crippen LogP contribution is -2.48.